The molecule has 0 saturated heterocycles. The maximum Gasteiger partial charge on any atom is 0.216 e. The molecule has 1 amide bonds. The second kappa shape index (κ2) is 10.5. The Bertz CT molecular complexity index is 1080. The van der Waals surface area contributed by atoms with Crippen LogP contribution in [-0.2, 0) is 11.2 Å². The van der Waals surface area contributed by atoms with Gasteiger partial charge in [-0.15, -0.1) is 10.2 Å². The van der Waals surface area contributed by atoms with E-state index in [1.807, 2.05) is 41.8 Å². The molecule has 0 aliphatic carbocycles. The lowest BCUT2D eigenvalue weighted by molar-refractivity contribution is -0.118. The highest BCUT2D eigenvalue weighted by atomic mass is 35.5. The van der Waals surface area contributed by atoms with E-state index in [9.17, 15) is 9.59 Å². The van der Waals surface area contributed by atoms with Gasteiger partial charge in [0.1, 0.15) is 11.6 Å². The molecule has 1 heterocycles. The number of amides is 1. The van der Waals surface area contributed by atoms with Gasteiger partial charge >= 0.3 is 0 Å². The number of thioether (sulfide) groups is 1. The minimum absolute atomic E-state index is 0.00658. The van der Waals surface area contributed by atoms with Gasteiger partial charge in [-0.25, -0.2) is 0 Å². The number of carbonyl (C=O) groups excluding carboxylic acids is 2. The maximum absolute atomic E-state index is 12.6. The molecule has 0 aliphatic heterocycles. The van der Waals surface area contributed by atoms with Crippen LogP contribution >= 0.6 is 23.4 Å². The first-order valence-corrected chi connectivity index (χ1v) is 11.0. The molecule has 1 N–H and O–H groups in total. The molecule has 0 unspecified atom stereocenters. The zero-order valence-electron chi connectivity index (χ0n) is 17.5. The van der Waals surface area contributed by atoms with Crippen molar-refractivity contribution in [3.05, 3.63) is 64.4 Å². The van der Waals surface area contributed by atoms with Gasteiger partial charge in [-0.2, -0.15) is 0 Å². The van der Waals surface area contributed by atoms with Crippen molar-refractivity contribution in [3.8, 4) is 11.4 Å². The molecule has 0 aliphatic rings. The summed E-state index contributed by atoms with van der Waals surface area (Å²) in [6.45, 7) is 3.87. The van der Waals surface area contributed by atoms with E-state index in [4.69, 9.17) is 16.3 Å². The summed E-state index contributed by atoms with van der Waals surface area (Å²) >= 11 is 7.62. The average molecular weight is 459 g/mol. The molecule has 162 valence electrons. The van der Waals surface area contributed by atoms with Crippen LogP contribution in [0.5, 0.6) is 5.75 Å². The fraction of sp³-hybridized carbons (Fsp3) is 0.273. The van der Waals surface area contributed by atoms with E-state index < -0.39 is 0 Å². The standard InChI is InChI=1S/C22H23ClN4O3S/c1-14-4-6-16(7-5-14)19(29)13-31-22-26-25-21(10-11-24-15(2)28)27(22)17-8-9-20(30-3)18(23)12-17/h4-9,12H,10-11,13H2,1-3H3,(H,24,28). The Morgan fingerprint density at radius 1 is 1.16 bits per heavy atom. The molecule has 1 aromatic heterocycles. The van der Waals surface area contributed by atoms with Crippen LogP contribution in [0.4, 0.5) is 0 Å². The zero-order valence-corrected chi connectivity index (χ0v) is 19.1. The summed E-state index contributed by atoms with van der Waals surface area (Å²) in [5, 5.41) is 12.3. The molecule has 0 radical (unpaired) electrons. The molecule has 3 aromatic rings. The van der Waals surface area contributed by atoms with Crippen LogP contribution in [-0.4, -0.2) is 45.9 Å². The van der Waals surface area contributed by atoms with Crippen LogP contribution in [0.3, 0.4) is 0 Å². The number of benzene rings is 2. The molecular weight excluding hydrogens is 436 g/mol. The van der Waals surface area contributed by atoms with Gasteiger partial charge in [0.15, 0.2) is 10.9 Å². The molecule has 0 bridgehead atoms. The number of aryl methyl sites for hydroxylation is 1. The second-order valence-corrected chi connectivity index (χ2v) is 8.21. The molecule has 0 atom stereocenters. The van der Waals surface area contributed by atoms with E-state index in [2.05, 4.69) is 15.5 Å². The second-order valence-electron chi connectivity index (χ2n) is 6.86. The molecule has 7 nitrogen and oxygen atoms in total. The molecule has 3 rings (SSSR count). The molecule has 0 spiro atoms. The van der Waals surface area contributed by atoms with Gasteiger partial charge in [-0.05, 0) is 25.1 Å². The smallest absolute Gasteiger partial charge is 0.216 e. The minimum Gasteiger partial charge on any atom is -0.495 e. The Hall–Kier alpha value is -2.84. The highest BCUT2D eigenvalue weighted by Gasteiger charge is 2.17. The van der Waals surface area contributed by atoms with E-state index in [-0.39, 0.29) is 17.4 Å². The summed E-state index contributed by atoms with van der Waals surface area (Å²) in [7, 11) is 1.55. The first-order valence-electron chi connectivity index (χ1n) is 9.64. The molecule has 2 aromatic carbocycles. The van der Waals surface area contributed by atoms with Gasteiger partial charge < -0.3 is 10.1 Å². The van der Waals surface area contributed by atoms with Crippen molar-refractivity contribution in [1.82, 2.24) is 20.1 Å². The molecular formula is C22H23ClN4O3S. The monoisotopic (exact) mass is 458 g/mol. The number of ketones is 1. The lowest BCUT2D eigenvalue weighted by Gasteiger charge is -2.12. The van der Waals surface area contributed by atoms with Gasteiger partial charge in [-0.3, -0.25) is 14.2 Å². The third-order valence-corrected chi connectivity index (χ3v) is 5.75. The quantitative estimate of drug-likeness (QED) is 0.386. The summed E-state index contributed by atoms with van der Waals surface area (Å²) in [4.78, 5) is 23.8. The Kier molecular flexibility index (Phi) is 7.70. The number of nitrogens with zero attached hydrogens (tertiary/aromatic N) is 3. The summed E-state index contributed by atoms with van der Waals surface area (Å²) in [5.41, 5.74) is 2.51. The van der Waals surface area contributed by atoms with Crippen molar-refractivity contribution in [1.29, 1.82) is 0 Å². The Balaban J connectivity index is 1.85. The number of ether oxygens (including phenoxy) is 1. The topological polar surface area (TPSA) is 86.1 Å². The van der Waals surface area contributed by atoms with Gasteiger partial charge in [-0.1, -0.05) is 53.2 Å². The largest absolute Gasteiger partial charge is 0.495 e. The van der Waals surface area contributed by atoms with Crippen molar-refractivity contribution in [2.45, 2.75) is 25.4 Å². The lowest BCUT2D eigenvalue weighted by atomic mass is 10.1. The fourth-order valence-corrected chi connectivity index (χ4v) is 4.03. The van der Waals surface area contributed by atoms with Crippen molar-refractivity contribution in [2.75, 3.05) is 19.4 Å². The third-order valence-electron chi connectivity index (χ3n) is 4.52. The van der Waals surface area contributed by atoms with Crippen LogP contribution < -0.4 is 10.1 Å². The number of carbonyl (C=O) groups is 2. The summed E-state index contributed by atoms with van der Waals surface area (Å²) < 4.78 is 7.08. The number of methoxy groups -OCH3 is 1. The fourth-order valence-electron chi connectivity index (χ4n) is 2.91. The number of rotatable bonds is 9. The maximum atomic E-state index is 12.6. The van der Waals surface area contributed by atoms with E-state index in [0.717, 1.165) is 11.3 Å². The first-order chi connectivity index (χ1) is 14.9. The average Bonchev–Trinajstić information content (AvgIpc) is 3.15. The minimum atomic E-state index is -0.114. The highest BCUT2D eigenvalue weighted by Crippen LogP contribution is 2.30. The van der Waals surface area contributed by atoms with Crippen molar-refractivity contribution >= 4 is 35.1 Å². The van der Waals surface area contributed by atoms with Crippen molar-refractivity contribution < 1.29 is 14.3 Å². The Morgan fingerprint density at radius 2 is 1.90 bits per heavy atom. The van der Waals surface area contributed by atoms with E-state index in [0.29, 0.717) is 40.3 Å². The SMILES string of the molecule is COc1ccc(-n2c(CCNC(C)=O)nnc2SCC(=O)c2ccc(C)cc2)cc1Cl. The van der Waals surface area contributed by atoms with Crippen LogP contribution in [0.15, 0.2) is 47.6 Å². The van der Waals surface area contributed by atoms with Gasteiger partial charge in [0.05, 0.1) is 23.6 Å². The lowest BCUT2D eigenvalue weighted by Crippen LogP contribution is -2.23. The predicted molar refractivity (Wildman–Crippen MR) is 122 cm³/mol. The summed E-state index contributed by atoms with van der Waals surface area (Å²) in [6, 6.07) is 12.9. The van der Waals surface area contributed by atoms with Crippen molar-refractivity contribution in [2.24, 2.45) is 0 Å². The van der Waals surface area contributed by atoms with Crippen LogP contribution in [0.1, 0.15) is 28.7 Å². The Morgan fingerprint density at radius 3 is 2.55 bits per heavy atom. The number of Topliss-reactive ketones (excluding diaryl/α,β-unsaturated/α-hetero) is 1. The molecule has 31 heavy (non-hydrogen) atoms. The van der Waals surface area contributed by atoms with Gasteiger partial charge in [0.2, 0.25) is 5.91 Å². The molecule has 9 heteroatoms. The Labute approximate surface area is 190 Å². The van der Waals surface area contributed by atoms with E-state index in [1.54, 1.807) is 19.2 Å². The highest BCUT2D eigenvalue weighted by molar-refractivity contribution is 7.99. The number of nitrogens with one attached hydrogen (secondary N) is 1. The molecule has 0 saturated carbocycles. The number of hydrogen-bond acceptors (Lipinski definition) is 6. The molecule has 0 fully saturated rings. The van der Waals surface area contributed by atoms with E-state index >= 15 is 0 Å². The van der Waals surface area contributed by atoms with Crippen molar-refractivity contribution in [3.63, 3.8) is 0 Å². The zero-order chi connectivity index (χ0) is 22.4. The normalized spacial score (nSPS) is 10.7. The number of halogens is 1. The third kappa shape index (κ3) is 5.86. The van der Waals surface area contributed by atoms with Crippen LogP contribution in [0, 0.1) is 6.92 Å². The van der Waals surface area contributed by atoms with Gasteiger partial charge in [0, 0.05) is 25.5 Å². The van der Waals surface area contributed by atoms with Crippen LogP contribution in [0.25, 0.3) is 5.69 Å². The van der Waals surface area contributed by atoms with Gasteiger partial charge in [0.25, 0.3) is 0 Å². The van der Waals surface area contributed by atoms with Crippen LogP contribution in [0.2, 0.25) is 5.02 Å². The number of hydrogen-bond donors (Lipinski definition) is 1. The first kappa shape index (κ1) is 22.8. The summed E-state index contributed by atoms with van der Waals surface area (Å²) in [6.07, 6.45) is 0.475. The van der Waals surface area contributed by atoms with E-state index in [1.165, 1.54) is 18.7 Å². The summed E-state index contributed by atoms with van der Waals surface area (Å²) in [5.74, 6) is 1.32. The number of aromatic nitrogens is 3. The predicted octanol–water partition coefficient (Wildman–Crippen LogP) is 3.89.